The molecule has 1 aromatic rings. The van der Waals surface area contributed by atoms with Crippen LogP contribution in [-0.2, 0) is 0 Å². The van der Waals surface area contributed by atoms with Crippen LogP contribution >= 0.6 is 15.9 Å². The highest BCUT2D eigenvalue weighted by atomic mass is 79.9. The minimum absolute atomic E-state index is 0.480. The van der Waals surface area contributed by atoms with Crippen LogP contribution in [0.2, 0.25) is 0 Å². The van der Waals surface area contributed by atoms with Crippen molar-refractivity contribution in [3.8, 4) is 11.8 Å². The van der Waals surface area contributed by atoms with Gasteiger partial charge in [0.15, 0.2) is 0 Å². The fraction of sp³-hybridized carbons (Fsp3) is 0.429. The Hall–Kier alpha value is -0.840. The number of rotatable bonds is 3. The summed E-state index contributed by atoms with van der Waals surface area (Å²) in [6, 6.07) is 0. The molecular formula is C7H9BrN2O2. The normalized spacial score (nSPS) is 9.58. The summed E-state index contributed by atoms with van der Waals surface area (Å²) in [4.78, 5) is 7.80. The van der Waals surface area contributed by atoms with E-state index in [1.807, 2.05) is 6.92 Å². The van der Waals surface area contributed by atoms with Crippen LogP contribution in [-0.4, -0.2) is 23.7 Å². The molecule has 0 aliphatic carbocycles. The SMILES string of the molecule is CCOc1ncnc(OC)c1Br. The Morgan fingerprint density at radius 1 is 1.42 bits per heavy atom. The van der Waals surface area contributed by atoms with Crippen molar-refractivity contribution in [2.24, 2.45) is 0 Å². The van der Waals surface area contributed by atoms with E-state index < -0.39 is 0 Å². The molecular weight excluding hydrogens is 224 g/mol. The quantitative estimate of drug-likeness (QED) is 0.796. The van der Waals surface area contributed by atoms with Crippen molar-refractivity contribution in [1.29, 1.82) is 0 Å². The van der Waals surface area contributed by atoms with Gasteiger partial charge in [-0.05, 0) is 22.9 Å². The predicted octanol–water partition coefficient (Wildman–Crippen LogP) is 1.65. The van der Waals surface area contributed by atoms with Crippen LogP contribution in [0.25, 0.3) is 0 Å². The van der Waals surface area contributed by atoms with Gasteiger partial charge in [-0.2, -0.15) is 0 Å². The minimum Gasteiger partial charge on any atom is -0.480 e. The second-order valence-electron chi connectivity index (χ2n) is 1.94. The number of nitrogens with zero attached hydrogens (tertiary/aromatic N) is 2. The first-order chi connectivity index (χ1) is 5.79. The van der Waals surface area contributed by atoms with E-state index in [2.05, 4.69) is 25.9 Å². The van der Waals surface area contributed by atoms with Crippen molar-refractivity contribution >= 4 is 15.9 Å². The number of halogens is 1. The van der Waals surface area contributed by atoms with Crippen LogP contribution in [0.4, 0.5) is 0 Å². The highest BCUT2D eigenvalue weighted by molar-refractivity contribution is 9.10. The molecule has 0 amide bonds. The Labute approximate surface area is 79.1 Å². The van der Waals surface area contributed by atoms with Crippen LogP contribution in [0, 0.1) is 0 Å². The van der Waals surface area contributed by atoms with Gasteiger partial charge in [-0.15, -0.1) is 0 Å². The van der Waals surface area contributed by atoms with Crippen LogP contribution in [0.3, 0.4) is 0 Å². The Balaban J connectivity index is 2.97. The zero-order valence-corrected chi connectivity index (χ0v) is 8.46. The summed E-state index contributed by atoms with van der Waals surface area (Å²) in [6.45, 7) is 2.46. The molecule has 5 heteroatoms. The third-order valence-electron chi connectivity index (χ3n) is 1.20. The fourth-order valence-electron chi connectivity index (χ4n) is 0.718. The lowest BCUT2D eigenvalue weighted by molar-refractivity contribution is 0.316. The van der Waals surface area contributed by atoms with Gasteiger partial charge in [-0.3, -0.25) is 0 Å². The van der Waals surface area contributed by atoms with E-state index >= 15 is 0 Å². The maximum absolute atomic E-state index is 5.20. The molecule has 1 rings (SSSR count). The fourth-order valence-corrected chi connectivity index (χ4v) is 1.20. The van der Waals surface area contributed by atoms with E-state index in [4.69, 9.17) is 9.47 Å². The molecule has 0 bridgehead atoms. The van der Waals surface area contributed by atoms with Gasteiger partial charge in [0.05, 0.1) is 13.7 Å². The summed E-state index contributed by atoms with van der Waals surface area (Å²) >= 11 is 3.27. The number of ether oxygens (including phenoxy) is 2. The first-order valence-corrected chi connectivity index (χ1v) is 4.26. The average molecular weight is 233 g/mol. The Kier molecular flexibility index (Phi) is 3.28. The topological polar surface area (TPSA) is 44.2 Å². The van der Waals surface area contributed by atoms with Gasteiger partial charge in [-0.1, -0.05) is 0 Å². The van der Waals surface area contributed by atoms with E-state index in [0.29, 0.717) is 22.8 Å². The first kappa shape index (κ1) is 9.25. The lowest BCUT2D eigenvalue weighted by Crippen LogP contribution is -1.98. The third-order valence-corrected chi connectivity index (χ3v) is 1.88. The monoisotopic (exact) mass is 232 g/mol. The molecule has 0 N–H and O–H groups in total. The van der Waals surface area contributed by atoms with Gasteiger partial charge >= 0.3 is 0 Å². The molecule has 0 fully saturated rings. The van der Waals surface area contributed by atoms with Crippen molar-refractivity contribution in [2.45, 2.75) is 6.92 Å². The van der Waals surface area contributed by atoms with Crippen molar-refractivity contribution in [3.63, 3.8) is 0 Å². The van der Waals surface area contributed by atoms with Gasteiger partial charge in [0.1, 0.15) is 10.8 Å². The molecule has 0 aliphatic heterocycles. The van der Waals surface area contributed by atoms with Crippen molar-refractivity contribution < 1.29 is 9.47 Å². The van der Waals surface area contributed by atoms with Crippen molar-refractivity contribution in [1.82, 2.24) is 9.97 Å². The summed E-state index contributed by atoms with van der Waals surface area (Å²) in [5.74, 6) is 0.984. The van der Waals surface area contributed by atoms with Gasteiger partial charge in [0.2, 0.25) is 11.8 Å². The summed E-state index contributed by atoms with van der Waals surface area (Å²) < 4.78 is 10.8. The van der Waals surface area contributed by atoms with E-state index in [-0.39, 0.29) is 0 Å². The van der Waals surface area contributed by atoms with Crippen molar-refractivity contribution in [2.75, 3.05) is 13.7 Å². The van der Waals surface area contributed by atoms with Crippen LogP contribution in [0.5, 0.6) is 11.8 Å². The zero-order valence-electron chi connectivity index (χ0n) is 6.87. The number of hydrogen-bond acceptors (Lipinski definition) is 4. The third kappa shape index (κ3) is 1.85. The molecule has 0 unspecified atom stereocenters. The Morgan fingerprint density at radius 3 is 2.67 bits per heavy atom. The van der Waals surface area contributed by atoms with E-state index in [1.54, 1.807) is 7.11 Å². The summed E-state index contributed by atoms with van der Waals surface area (Å²) in [6.07, 6.45) is 1.40. The second kappa shape index (κ2) is 4.25. The molecule has 0 saturated carbocycles. The maximum atomic E-state index is 5.20. The molecule has 66 valence electrons. The Morgan fingerprint density at radius 2 is 2.08 bits per heavy atom. The van der Waals surface area contributed by atoms with E-state index in [0.717, 1.165) is 0 Å². The maximum Gasteiger partial charge on any atom is 0.235 e. The zero-order chi connectivity index (χ0) is 8.97. The largest absolute Gasteiger partial charge is 0.480 e. The molecule has 0 spiro atoms. The molecule has 0 aromatic carbocycles. The highest BCUT2D eigenvalue weighted by Gasteiger charge is 2.08. The van der Waals surface area contributed by atoms with Crippen LogP contribution in [0.1, 0.15) is 6.92 Å². The first-order valence-electron chi connectivity index (χ1n) is 3.46. The summed E-state index contributed by atoms with van der Waals surface area (Å²) in [5, 5.41) is 0. The standard InChI is InChI=1S/C7H9BrN2O2/c1-3-12-7-5(8)6(11-2)9-4-10-7/h4H,3H2,1-2H3. The average Bonchev–Trinajstić information content (AvgIpc) is 2.09. The molecule has 12 heavy (non-hydrogen) atoms. The number of methoxy groups -OCH3 is 1. The lowest BCUT2D eigenvalue weighted by Gasteiger charge is -2.05. The molecule has 1 heterocycles. The smallest absolute Gasteiger partial charge is 0.235 e. The molecule has 1 aromatic heterocycles. The van der Waals surface area contributed by atoms with Crippen LogP contribution < -0.4 is 9.47 Å². The molecule has 0 radical (unpaired) electrons. The minimum atomic E-state index is 0.480. The van der Waals surface area contributed by atoms with Gasteiger partial charge in [-0.25, -0.2) is 9.97 Å². The van der Waals surface area contributed by atoms with Gasteiger partial charge in [0, 0.05) is 0 Å². The molecule has 4 nitrogen and oxygen atoms in total. The lowest BCUT2D eigenvalue weighted by atomic mass is 10.6. The molecule has 0 saturated heterocycles. The summed E-state index contributed by atoms with van der Waals surface area (Å²) in [5.41, 5.74) is 0. The second-order valence-corrected chi connectivity index (χ2v) is 2.73. The number of hydrogen-bond donors (Lipinski definition) is 0. The molecule has 0 aliphatic rings. The van der Waals surface area contributed by atoms with Crippen LogP contribution in [0.15, 0.2) is 10.8 Å². The van der Waals surface area contributed by atoms with Gasteiger partial charge < -0.3 is 9.47 Å². The molecule has 0 atom stereocenters. The van der Waals surface area contributed by atoms with Gasteiger partial charge in [0.25, 0.3) is 0 Å². The summed E-state index contributed by atoms with van der Waals surface area (Å²) in [7, 11) is 1.54. The Bertz CT molecular complexity index is 268. The predicted molar refractivity (Wildman–Crippen MR) is 47.5 cm³/mol. The number of aromatic nitrogens is 2. The van der Waals surface area contributed by atoms with E-state index in [1.165, 1.54) is 6.33 Å². The van der Waals surface area contributed by atoms with E-state index in [9.17, 15) is 0 Å². The highest BCUT2D eigenvalue weighted by Crippen LogP contribution is 2.29. The van der Waals surface area contributed by atoms with Crippen molar-refractivity contribution in [3.05, 3.63) is 10.8 Å².